The van der Waals surface area contributed by atoms with Crippen LogP contribution < -0.4 is 10.1 Å². The molecule has 1 N–H and O–H groups in total. The molecule has 4 heteroatoms. The average Bonchev–Trinajstić information content (AvgIpc) is 2.67. The quantitative estimate of drug-likeness (QED) is 0.771. The molecular weight excluding hydrogens is 310 g/mol. The molecule has 1 aromatic rings. The molecule has 2 aliphatic rings. The normalized spacial score (nSPS) is 23.5. The van der Waals surface area contributed by atoms with Gasteiger partial charge in [0.2, 0.25) is 0 Å². The molecule has 1 aromatic carbocycles. The van der Waals surface area contributed by atoms with Crippen molar-refractivity contribution >= 4 is 0 Å². The van der Waals surface area contributed by atoms with Crippen LogP contribution in [0.25, 0.3) is 0 Å². The van der Waals surface area contributed by atoms with Gasteiger partial charge in [-0.15, -0.1) is 0 Å². The third-order valence-electron chi connectivity index (χ3n) is 5.59. The Morgan fingerprint density at radius 1 is 1.12 bits per heavy atom. The summed E-state index contributed by atoms with van der Waals surface area (Å²) in [5, 5.41) is 3.87. The Hall–Kier alpha value is -1.36. The molecule has 0 saturated carbocycles. The SMILES string of the molecule is COc1ccc(C(CN2CCN(C)CC2)NCC2CC=CCC2)cc1. The van der Waals surface area contributed by atoms with E-state index in [1.54, 1.807) is 7.11 Å². The number of rotatable bonds is 7. The van der Waals surface area contributed by atoms with Crippen LogP contribution in [-0.2, 0) is 0 Å². The maximum absolute atomic E-state index is 5.32. The van der Waals surface area contributed by atoms with Gasteiger partial charge in [-0.3, -0.25) is 4.90 Å². The van der Waals surface area contributed by atoms with Crippen molar-refractivity contribution in [3.63, 3.8) is 0 Å². The summed E-state index contributed by atoms with van der Waals surface area (Å²) in [5.74, 6) is 1.71. The van der Waals surface area contributed by atoms with E-state index in [0.29, 0.717) is 6.04 Å². The fourth-order valence-electron chi connectivity index (χ4n) is 3.76. The van der Waals surface area contributed by atoms with E-state index < -0.39 is 0 Å². The minimum atomic E-state index is 0.389. The molecule has 1 aliphatic carbocycles. The molecule has 1 fully saturated rings. The third kappa shape index (κ3) is 5.56. The molecule has 0 spiro atoms. The topological polar surface area (TPSA) is 27.7 Å². The summed E-state index contributed by atoms with van der Waals surface area (Å²) in [4.78, 5) is 5.02. The largest absolute Gasteiger partial charge is 0.497 e. The van der Waals surface area contributed by atoms with Crippen molar-refractivity contribution in [2.75, 3.05) is 53.4 Å². The number of hydrogen-bond donors (Lipinski definition) is 1. The number of piperazine rings is 1. The van der Waals surface area contributed by atoms with Crippen molar-refractivity contribution in [3.8, 4) is 5.75 Å². The van der Waals surface area contributed by atoms with Gasteiger partial charge in [-0.05, 0) is 56.5 Å². The van der Waals surface area contributed by atoms with E-state index in [0.717, 1.165) is 37.8 Å². The highest BCUT2D eigenvalue weighted by Gasteiger charge is 2.21. The summed E-state index contributed by atoms with van der Waals surface area (Å²) >= 11 is 0. The first-order chi connectivity index (χ1) is 12.2. The highest BCUT2D eigenvalue weighted by molar-refractivity contribution is 5.29. The molecule has 4 nitrogen and oxygen atoms in total. The second-order valence-corrected chi connectivity index (χ2v) is 7.49. The molecule has 0 radical (unpaired) electrons. The van der Waals surface area contributed by atoms with E-state index in [1.165, 1.54) is 37.9 Å². The van der Waals surface area contributed by atoms with Gasteiger partial charge in [0.05, 0.1) is 7.11 Å². The van der Waals surface area contributed by atoms with E-state index in [1.807, 2.05) is 0 Å². The van der Waals surface area contributed by atoms with E-state index >= 15 is 0 Å². The van der Waals surface area contributed by atoms with Gasteiger partial charge in [0.25, 0.3) is 0 Å². The van der Waals surface area contributed by atoms with Gasteiger partial charge in [-0.25, -0.2) is 0 Å². The third-order valence-corrected chi connectivity index (χ3v) is 5.59. The minimum Gasteiger partial charge on any atom is -0.497 e. The number of likely N-dealkylation sites (N-methyl/N-ethyl adjacent to an activating group) is 1. The molecule has 0 aromatic heterocycles. The fraction of sp³-hybridized carbons (Fsp3) is 0.619. The lowest BCUT2D eigenvalue weighted by atomic mass is 9.94. The van der Waals surface area contributed by atoms with Gasteiger partial charge >= 0.3 is 0 Å². The van der Waals surface area contributed by atoms with E-state index in [-0.39, 0.29) is 0 Å². The molecule has 0 amide bonds. The van der Waals surface area contributed by atoms with E-state index in [9.17, 15) is 0 Å². The van der Waals surface area contributed by atoms with Crippen molar-refractivity contribution < 1.29 is 4.74 Å². The van der Waals surface area contributed by atoms with Crippen LogP contribution >= 0.6 is 0 Å². The Morgan fingerprint density at radius 3 is 2.52 bits per heavy atom. The lowest BCUT2D eigenvalue weighted by Gasteiger charge is -2.35. The number of ether oxygens (including phenoxy) is 1. The second-order valence-electron chi connectivity index (χ2n) is 7.49. The molecule has 3 rings (SSSR count). The first-order valence-electron chi connectivity index (χ1n) is 9.68. The number of hydrogen-bond acceptors (Lipinski definition) is 4. The fourth-order valence-corrected chi connectivity index (χ4v) is 3.76. The number of nitrogens with zero attached hydrogens (tertiary/aromatic N) is 2. The molecule has 2 unspecified atom stereocenters. The predicted molar refractivity (Wildman–Crippen MR) is 104 cm³/mol. The summed E-state index contributed by atoms with van der Waals surface area (Å²) < 4.78 is 5.32. The lowest BCUT2D eigenvalue weighted by molar-refractivity contribution is 0.141. The Balaban J connectivity index is 1.62. The van der Waals surface area contributed by atoms with Crippen molar-refractivity contribution in [1.82, 2.24) is 15.1 Å². The Bertz CT molecular complexity index is 535. The van der Waals surface area contributed by atoms with E-state index in [2.05, 4.69) is 58.6 Å². The smallest absolute Gasteiger partial charge is 0.118 e. The van der Waals surface area contributed by atoms with Crippen LogP contribution in [0.1, 0.15) is 30.9 Å². The lowest BCUT2D eigenvalue weighted by Crippen LogP contribution is -2.47. The average molecular weight is 344 g/mol. The predicted octanol–water partition coefficient (Wildman–Crippen LogP) is 2.93. The first kappa shape index (κ1) is 18.4. The Labute approximate surface area is 152 Å². The van der Waals surface area contributed by atoms with Crippen LogP contribution in [0.2, 0.25) is 0 Å². The molecule has 138 valence electrons. The zero-order chi connectivity index (χ0) is 17.5. The molecule has 25 heavy (non-hydrogen) atoms. The van der Waals surface area contributed by atoms with Crippen LogP contribution in [0, 0.1) is 5.92 Å². The standard InChI is InChI=1S/C21H33N3O/c1-23-12-14-24(15-13-23)17-21(19-8-10-20(25-2)11-9-19)22-16-18-6-4-3-5-7-18/h3-4,8-11,18,21-22H,5-7,12-17H2,1-2H3. The van der Waals surface area contributed by atoms with Crippen molar-refractivity contribution in [3.05, 3.63) is 42.0 Å². The summed E-state index contributed by atoms with van der Waals surface area (Å²) in [5.41, 5.74) is 1.37. The first-order valence-corrected chi connectivity index (χ1v) is 9.68. The van der Waals surface area contributed by atoms with Crippen LogP contribution in [0.15, 0.2) is 36.4 Å². The maximum atomic E-state index is 5.32. The number of methoxy groups -OCH3 is 1. The summed E-state index contributed by atoms with van der Waals surface area (Å²) in [7, 11) is 3.94. The second kappa shape index (κ2) is 9.37. The molecule has 1 saturated heterocycles. The molecule has 0 bridgehead atoms. The summed E-state index contributed by atoms with van der Waals surface area (Å²) in [6.07, 6.45) is 8.43. The Morgan fingerprint density at radius 2 is 1.88 bits per heavy atom. The van der Waals surface area contributed by atoms with Gasteiger partial charge < -0.3 is 15.0 Å². The van der Waals surface area contributed by atoms with Crippen LogP contribution in [0.3, 0.4) is 0 Å². The molecule has 1 heterocycles. The van der Waals surface area contributed by atoms with Gasteiger partial charge in [0.1, 0.15) is 5.75 Å². The van der Waals surface area contributed by atoms with Crippen LogP contribution in [0.4, 0.5) is 0 Å². The monoisotopic (exact) mass is 343 g/mol. The number of nitrogens with one attached hydrogen (secondary N) is 1. The highest BCUT2D eigenvalue weighted by Crippen LogP contribution is 2.22. The minimum absolute atomic E-state index is 0.389. The van der Waals surface area contributed by atoms with Gasteiger partial charge in [-0.2, -0.15) is 0 Å². The zero-order valence-corrected chi connectivity index (χ0v) is 15.8. The van der Waals surface area contributed by atoms with Crippen molar-refractivity contribution in [2.24, 2.45) is 5.92 Å². The molecule has 2 atom stereocenters. The van der Waals surface area contributed by atoms with Gasteiger partial charge in [0.15, 0.2) is 0 Å². The van der Waals surface area contributed by atoms with Crippen molar-refractivity contribution in [2.45, 2.75) is 25.3 Å². The highest BCUT2D eigenvalue weighted by atomic mass is 16.5. The summed E-state index contributed by atoms with van der Waals surface area (Å²) in [6, 6.07) is 8.98. The van der Waals surface area contributed by atoms with Crippen LogP contribution in [-0.4, -0.2) is 63.2 Å². The number of benzene rings is 1. The zero-order valence-electron chi connectivity index (χ0n) is 15.8. The van der Waals surface area contributed by atoms with Gasteiger partial charge in [0, 0.05) is 38.8 Å². The number of allylic oxidation sites excluding steroid dienone is 2. The Kier molecular flexibility index (Phi) is 6.91. The van der Waals surface area contributed by atoms with Crippen molar-refractivity contribution in [1.29, 1.82) is 0 Å². The van der Waals surface area contributed by atoms with Crippen LogP contribution in [0.5, 0.6) is 5.75 Å². The molecule has 1 aliphatic heterocycles. The maximum Gasteiger partial charge on any atom is 0.118 e. The van der Waals surface area contributed by atoms with Gasteiger partial charge in [-0.1, -0.05) is 24.3 Å². The summed E-state index contributed by atoms with van der Waals surface area (Å²) in [6.45, 7) is 6.86. The molecular formula is C21H33N3O. The van der Waals surface area contributed by atoms with E-state index in [4.69, 9.17) is 4.74 Å².